The summed E-state index contributed by atoms with van der Waals surface area (Å²) in [6.45, 7) is 2.08. The number of likely N-dealkylation sites (tertiary alicyclic amines) is 1. The first kappa shape index (κ1) is 16.8. The van der Waals surface area contributed by atoms with Gasteiger partial charge in [-0.3, -0.25) is 4.68 Å². The van der Waals surface area contributed by atoms with Gasteiger partial charge in [0.15, 0.2) is 11.2 Å². The Morgan fingerprint density at radius 1 is 1.07 bits per heavy atom. The highest BCUT2D eigenvalue weighted by Gasteiger charge is 2.20. The van der Waals surface area contributed by atoms with Gasteiger partial charge >= 0.3 is 0 Å². The minimum atomic E-state index is 0.366. The highest BCUT2D eigenvalue weighted by molar-refractivity contribution is 5.72. The summed E-state index contributed by atoms with van der Waals surface area (Å²) in [5, 5.41) is 16.1. The molecule has 0 bridgehead atoms. The van der Waals surface area contributed by atoms with E-state index >= 15 is 0 Å². The molecule has 28 heavy (non-hydrogen) atoms. The minimum Gasteiger partial charge on any atom is -0.350 e. The fourth-order valence-electron chi connectivity index (χ4n) is 3.57. The Labute approximate surface area is 162 Å². The van der Waals surface area contributed by atoms with Gasteiger partial charge in [-0.25, -0.2) is 4.98 Å². The third kappa shape index (κ3) is 3.09. The molecule has 1 aliphatic rings. The van der Waals surface area contributed by atoms with Crippen LogP contribution in [0.3, 0.4) is 0 Å². The van der Waals surface area contributed by atoms with Crippen LogP contribution in [0.1, 0.15) is 6.42 Å². The molecule has 5 rings (SSSR count). The van der Waals surface area contributed by atoms with Crippen molar-refractivity contribution in [3.05, 3.63) is 42.9 Å². The SMILES string of the molecule is CN1CC[C@@H](Nc2ncc3nnn(-c4ccc(-c5cnn(C)c5)cc4)c3n2)C1. The molecule has 1 aromatic carbocycles. The zero-order chi connectivity index (χ0) is 19.1. The van der Waals surface area contributed by atoms with Crippen LogP contribution in [0.4, 0.5) is 5.95 Å². The molecule has 0 unspecified atom stereocenters. The quantitative estimate of drug-likeness (QED) is 0.581. The van der Waals surface area contributed by atoms with Gasteiger partial charge in [-0.2, -0.15) is 14.8 Å². The highest BCUT2D eigenvalue weighted by atomic mass is 15.4. The Kier molecular flexibility index (Phi) is 4.01. The van der Waals surface area contributed by atoms with Crippen LogP contribution in [0.2, 0.25) is 0 Å². The number of fused-ring (bicyclic) bond motifs is 1. The van der Waals surface area contributed by atoms with Gasteiger partial charge in [-0.1, -0.05) is 17.3 Å². The molecular weight excluding hydrogens is 354 g/mol. The molecule has 142 valence electrons. The third-order valence-corrected chi connectivity index (χ3v) is 5.07. The molecule has 1 aliphatic heterocycles. The van der Waals surface area contributed by atoms with Crippen molar-refractivity contribution in [1.82, 2.24) is 39.6 Å². The second-order valence-corrected chi connectivity index (χ2v) is 7.25. The molecule has 0 aliphatic carbocycles. The minimum absolute atomic E-state index is 0.366. The smallest absolute Gasteiger partial charge is 0.225 e. The Balaban J connectivity index is 1.44. The van der Waals surface area contributed by atoms with Crippen molar-refractivity contribution in [2.45, 2.75) is 12.5 Å². The van der Waals surface area contributed by atoms with E-state index in [2.05, 4.69) is 54.8 Å². The number of rotatable bonds is 4. The lowest BCUT2D eigenvalue weighted by Gasteiger charge is -2.12. The van der Waals surface area contributed by atoms with Crippen LogP contribution in [-0.4, -0.2) is 65.8 Å². The van der Waals surface area contributed by atoms with Crippen LogP contribution in [0.5, 0.6) is 0 Å². The maximum absolute atomic E-state index is 4.67. The summed E-state index contributed by atoms with van der Waals surface area (Å²) >= 11 is 0. The number of anilines is 1. The van der Waals surface area contributed by atoms with Gasteiger partial charge < -0.3 is 10.2 Å². The van der Waals surface area contributed by atoms with E-state index in [0.29, 0.717) is 23.2 Å². The van der Waals surface area contributed by atoms with Crippen LogP contribution < -0.4 is 5.32 Å². The number of hydrogen-bond donors (Lipinski definition) is 1. The van der Waals surface area contributed by atoms with Gasteiger partial charge in [0.05, 0.1) is 18.1 Å². The summed E-state index contributed by atoms with van der Waals surface area (Å²) in [6.07, 6.45) is 6.65. The average molecular weight is 375 g/mol. The first-order valence-corrected chi connectivity index (χ1v) is 9.29. The Morgan fingerprint density at radius 3 is 2.64 bits per heavy atom. The molecule has 4 aromatic rings. The fraction of sp³-hybridized carbons (Fsp3) is 0.316. The largest absolute Gasteiger partial charge is 0.350 e. The van der Waals surface area contributed by atoms with Crippen LogP contribution in [-0.2, 0) is 7.05 Å². The van der Waals surface area contributed by atoms with Gasteiger partial charge in [-0.05, 0) is 37.7 Å². The van der Waals surface area contributed by atoms with Crippen molar-refractivity contribution < 1.29 is 0 Å². The van der Waals surface area contributed by atoms with Gasteiger partial charge in [-0.15, -0.1) is 5.10 Å². The van der Waals surface area contributed by atoms with E-state index in [4.69, 9.17) is 0 Å². The number of nitrogens with zero attached hydrogens (tertiary/aromatic N) is 8. The predicted molar refractivity (Wildman–Crippen MR) is 106 cm³/mol. The number of benzene rings is 1. The maximum atomic E-state index is 4.67. The van der Waals surface area contributed by atoms with E-state index in [9.17, 15) is 0 Å². The number of likely N-dealkylation sites (N-methyl/N-ethyl adjacent to an activating group) is 1. The molecule has 0 radical (unpaired) electrons. The van der Waals surface area contributed by atoms with Crippen molar-refractivity contribution >= 4 is 17.1 Å². The fourth-order valence-corrected chi connectivity index (χ4v) is 3.57. The Hall–Kier alpha value is -3.33. The molecule has 1 N–H and O–H groups in total. The molecule has 9 nitrogen and oxygen atoms in total. The Morgan fingerprint density at radius 2 is 1.93 bits per heavy atom. The van der Waals surface area contributed by atoms with Crippen molar-refractivity contribution in [2.75, 3.05) is 25.5 Å². The van der Waals surface area contributed by atoms with Crippen molar-refractivity contribution in [2.24, 2.45) is 7.05 Å². The summed E-state index contributed by atoms with van der Waals surface area (Å²) in [4.78, 5) is 11.4. The topological polar surface area (TPSA) is 89.6 Å². The summed E-state index contributed by atoms with van der Waals surface area (Å²) in [6, 6.07) is 8.49. The van der Waals surface area contributed by atoms with Crippen LogP contribution in [0, 0.1) is 0 Å². The lowest BCUT2D eigenvalue weighted by Crippen LogP contribution is -2.24. The van der Waals surface area contributed by atoms with E-state index in [1.165, 1.54) is 0 Å². The second-order valence-electron chi connectivity index (χ2n) is 7.25. The van der Waals surface area contributed by atoms with Crippen LogP contribution >= 0.6 is 0 Å². The van der Waals surface area contributed by atoms with Crippen molar-refractivity contribution in [3.8, 4) is 16.8 Å². The monoisotopic (exact) mass is 375 g/mol. The van der Waals surface area contributed by atoms with Crippen LogP contribution in [0.15, 0.2) is 42.9 Å². The van der Waals surface area contributed by atoms with Gasteiger partial charge in [0, 0.05) is 31.4 Å². The summed E-state index contributed by atoms with van der Waals surface area (Å²) in [5.74, 6) is 0.614. The molecule has 1 saturated heterocycles. The third-order valence-electron chi connectivity index (χ3n) is 5.07. The molecule has 0 amide bonds. The summed E-state index contributed by atoms with van der Waals surface area (Å²) in [5.41, 5.74) is 4.44. The standard InChI is InChI=1S/C19H21N9/c1-26-8-7-15(12-26)22-19-20-10-17-18(23-19)28(25-24-17)16-5-3-13(4-6-16)14-9-21-27(2)11-14/h3-6,9-11,15H,7-8,12H2,1-2H3,(H,20,22,23)/t15-/m1/s1. The van der Waals surface area contributed by atoms with E-state index in [-0.39, 0.29) is 0 Å². The molecule has 4 heterocycles. The normalized spacial score (nSPS) is 17.4. The molecule has 1 fully saturated rings. The lowest BCUT2D eigenvalue weighted by atomic mass is 10.1. The summed E-state index contributed by atoms with van der Waals surface area (Å²) in [7, 11) is 4.04. The molecule has 0 saturated carbocycles. The lowest BCUT2D eigenvalue weighted by molar-refractivity contribution is 0.414. The van der Waals surface area contributed by atoms with Crippen molar-refractivity contribution in [1.29, 1.82) is 0 Å². The molecule has 9 heteroatoms. The van der Waals surface area contributed by atoms with E-state index in [1.54, 1.807) is 15.6 Å². The van der Waals surface area contributed by atoms with E-state index < -0.39 is 0 Å². The van der Waals surface area contributed by atoms with E-state index in [1.807, 2.05) is 31.6 Å². The van der Waals surface area contributed by atoms with Gasteiger partial charge in [0.1, 0.15) is 0 Å². The first-order valence-electron chi connectivity index (χ1n) is 9.29. The molecule has 3 aromatic heterocycles. The number of hydrogen-bond acceptors (Lipinski definition) is 7. The zero-order valence-electron chi connectivity index (χ0n) is 15.8. The maximum Gasteiger partial charge on any atom is 0.225 e. The molecule has 1 atom stereocenters. The average Bonchev–Trinajstić information content (AvgIpc) is 3.42. The number of nitrogens with one attached hydrogen (secondary N) is 1. The van der Waals surface area contributed by atoms with Gasteiger partial charge in [0.25, 0.3) is 0 Å². The van der Waals surface area contributed by atoms with Crippen LogP contribution in [0.25, 0.3) is 28.0 Å². The highest BCUT2D eigenvalue weighted by Crippen LogP contribution is 2.22. The number of aromatic nitrogens is 7. The van der Waals surface area contributed by atoms with Crippen molar-refractivity contribution in [3.63, 3.8) is 0 Å². The second kappa shape index (κ2) is 6.68. The van der Waals surface area contributed by atoms with Gasteiger partial charge in [0.2, 0.25) is 5.95 Å². The predicted octanol–water partition coefficient (Wildman–Crippen LogP) is 1.73. The molecular formula is C19H21N9. The van der Waals surface area contributed by atoms with E-state index in [0.717, 1.165) is 36.3 Å². The first-order chi connectivity index (χ1) is 13.7. The Bertz CT molecular complexity index is 1110. The number of aryl methyl sites for hydroxylation is 1. The summed E-state index contributed by atoms with van der Waals surface area (Å²) < 4.78 is 3.54. The molecule has 0 spiro atoms. The zero-order valence-corrected chi connectivity index (χ0v) is 15.8.